The van der Waals surface area contributed by atoms with E-state index >= 15 is 0 Å². The van der Waals surface area contributed by atoms with Crippen LogP contribution in [0.4, 0.5) is 8.78 Å². The number of carboxylic acid groups (broad SMARTS) is 1. The van der Waals surface area contributed by atoms with Gasteiger partial charge in [0.1, 0.15) is 11.6 Å². The molecule has 0 radical (unpaired) electrons. The molecular weight excluding hydrogens is 320 g/mol. The predicted octanol–water partition coefficient (Wildman–Crippen LogP) is 2.38. The van der Waals surface area contributed by atoms with Crippen LogP contribution < -0.4 is 5.32 Å². The highest BCUT2D eigenvalue weighted by Crippen LogP contribution is 2.37. The van der Waals surface area contributed by atoms with Crippen LogP contribution in [0, 0.1) is 11.6 Å². The van der Waals surface area contributed by atoms with Crippen LogP contribution in [0.3, 0.4) is 0 Å². The van der Waals surface area contributed by atoms with Gasteiger partial charge in [-0.1, -0.05) is 6.07 Å². The molecule has 1 heterocycles. The number of amides is 1. The lowest BCUT2D eigenvalue weighted by Gasteiger charge is -2.37. The Morgan fingerprint density at radius 3 is 2.58 bits per heavy atom. The highest BCUT2D eigenvalue weighted by molar-refractivity contribution is 5.88. The fourth-order valence-corrected chi connectivity index (χ4v) is 2.99. The molecule has 1 unspecified atom stereocenters. The number of halogens is 2. The van der Waals surface area contributed by atoms with E-state index in [1.165, 1.54) is 6.07 Å². The minimum atomic E-state index is -1.13. The molecule has 1 aliphatic heterocycles. The van der Waals surface area contributed by atoms with Crippen molar-refractivity contribution in [3.05, 3.63) is 35.4 Å². The first-order valence-corrected chi connectivity index (χ1v) is 7.91. The van der Waals surface area contributed by atoms with Gasteiger partial charge in [-0.05, 0) is 32.3 Å². The van der Waals surface area contributed by atoms with E-state index in [0.29, 0.717) is 13.2 Å². The van der Waals surface area contributed by atoms with E-state index in [0.717, 1.165) is 12.1 Å². The maximum absolute atomic E-state index is 14.3. The zero-order valence-corrected chi connectivity index (χ0v) is 13.5. The SMILES string of the molecule is CC(CCC(=O)O)NC(=O)C1(c2ccc(F)cc2F)CCOCC1. The first-order valence-electron chi connectivity index (χ1n) is 7.91. The van der Waals surface area contributed by atoms with Gasteiger partial charge in [-0.3, -0.25) is 9.59 Å². The van der Waals surface area contributed by atoms with E-state index in [2.05, 4.69) is 5.32 Å². The molecule has 1 aromatic rings. The van der Waals surface area contributed by atoms with Crippen LogP contribution in [0.1, 0.15) is 38.2 Å². The summed E-state index contributed by atoms with van der Waals surface area (Å²) in [6, 6.07) is 2.85. The summed E-state index contributed by atoms with van der Waals surface area (Å²) in [4.78, 5) is 23.5. The molecule has 1 aliphatic rings. The van der Waals surface area contributed by atoms with Crippen LogP contribution in [0.15, 0.2) is 18.2 Å². The van der Waals surface area contributed by atoms with Gasteiger partial charge < -0.3 is 15.2 Å². The molecule has 1 saturated heterocycles. The summed E-state index contributed by atoms with van der Waals surface area (Å²) in [6.07, 6.45) is 0.780. The van der Waals surface area contributed by atoms with Gasteiger partial charge in [-0.15, -0.1) is 0 Å². The Bertz CT molecular complexity index is 615. The number of aliphatic carboxylic acids is 1. The summed E-state index contributed by atoms with van der Waals surface area (Å²) >= 11 is 0. The Morgan fingerprint density at radius 1 is 1.33 bits per heavy atom. The molecule has 132 valence electrons. The Balaban J connectivity index is 2.24. The van der Waals surface area contributed by atoms with Crippen LogP contribution in [0.25, 0.3) is 0 Å². The fraction of sp³-hybridized carbons (Fsp3) is 0.529. The smallest absolute Gasteiger partial charge is 0.303 e. The first kappa shape index (κ1) is 18.3. The molecule has 0 bridgehead atoms. The minimum absolute atomic E-state index is 0.0670. The van der Waals surface area contributed by atoms with Gasteiger partial charge in [-0.2, -0.15) is 0 Å². The second-order valence-electron chi connectivity index (χ2n) is 6.13. The molecule has 2 N–H and O–H groups in total. The average molecular weight is 341 g/mol. The molecule has 0 spiro atoms. The van der Waals surface area contributed by atoms with Crippen molar-refractivity contribution in [1.82, 2.24) is 5.32 Å². The quantitative estimate of drug-likeness (QED) is 0.833. The van der Waals surface area contributed by atoms with Crippen molar-refractivity contribution in [2.75, 3.05) is 13.2 Å². The highest BCUT2D eigenvalue weighted by atomic mass is 19.1. The van der Waals surface area contributed by atoms with Crippen molar-refractivity contribution in [2.45, 2.75) is 44.1 Å². The molecule has 0 saturated carbocycles. The van der Waals surface area contributed by atoms with Gasteiger partial charge in [0.25, 0.3) is 0 Å². The number of carbonyl (C=O) groups is 2. The maximum atomic E-state index is 14.3. The van der Waals surface area contributed by atoms with E-state index < -0.39 is 23.0 Å². The standard InChI is InChI=1S/C17H21F2NO4/c1-11(2-5-15(21)22)20-16(23)17(6-8-24-9-7-17)13-4-3-12(18)10-14(13)19/h3-4,10-11H,2,5-9H2,1H3,(H,20,23)(H,21,22). The molecule has 1 fully saturated rings. The Morgan fingerprint density at radius 2 is 2.00 bits per heavy atom. The molecule has 7 heteroatoms. The van der Waals surface area contributed by atoms with E-state index in [4.69, 9.17) is 9.84 Å². The van der Waals surface area contributed by atoms with Gasteiger partial charge in [0.15, 0.2) is 0 Å². The summed E-state index contributed by atoms with van der Waals surface area (Å²) in [5, 5.41) is 11.5. The predicted molar refractivity (Wildman–Crippen MR) is 82.6 cm³/mol. The van der Waals surface area contributed by atoms with Gasteiger partial charge in [-0.25, -0.2) is 8.78 Å². The summed E-state index contributed by atoms with van der Waals surface area (Å²) in [7, 11) is 0. The van der Waals surface area contributed by atoms with Gasteiger partial charge >= 0.3 is 5.97 Å². The Labute approximate surface area is 139 Å². The summed E-state index contributed by atoms with van der Waals surface area (Å²) in [5.74, 6) is -2.78. The molecule has 1 aromatic carbocycles. The number of carbonyl (C=O) groups excluding carboxylic acids is 1. The number of benzene rings is 1. The van der Waals surface area contributed by atoms with Gasteiger partial charge in [0.05, 0.1) is 5.41 Å². The second-order valence-corrected chi connectivity index (χ2v) is 6.13. The van der Waals surface area contributed by atoms with Crippen molar-refractivity contribution in [1.29, 1.82) is 0 Å². The molecule has 1 amide bonds. The van der Waals surface area contributed by atoms with Crippen molar-refractivity contribution >= 4 is 11.9 Å². The van der Waals surface area contributed by atoms with Gasteiger partial charge in [0, 0.05) is 37.3 Å². The molecule has 2 rings (SSSR count). The zero-order valence-electron chi connectivity index (χ0n) is 13.5. The number of hydrogen-bond donors (Lipinski definition) is 2. The van der Waals surface area contributed by atoms with E-state index in [-0.39, 0.29) is 43.2 Å². The van der Waals surface area contributed by atoms with E-state index in [9.17, 15) is 18.4 Å². The van der Waals surface area contributed by atoms with Crippen molar-refractivity contribution < 1.29 is 28.2 Å². The summed E-state index contributed by atoms with van der Waals surface area (Å²) < 4.78 is 32.8. The van der Waals surface area contributed by atoms with Crippen LogP contribution in [0.5, 0.6) is 0 Å². The van der Waals surface area contributed by atoms with Crippen LogP contribution in [-0.2, 0) is 19.7 Å². The number of ether oxygens (including phenoxy) is 1. The van der Waals surface area contributed by atoms with Crippen molar-refractivity contribution in [3.63, 3.8) is 0 Å². The molecule has 0 aromatic heterocycles. The monoisotopic (exact) mass is 341 g/mol. The lowest BCUT2D eigenvalue weighted by molar-refractivity contribution is -0.138. The molecular formula is C17H21F2NO4. The lowest BCUT2D eigenvalue weighted by atomic mass is 9.73. The summed E-state index contributed by atoms with van der Waals surface area (Å²) in [5.41, 5.74) is -0.983. The van der Waals surface area contributed by atoms with E-state index in [1.807, 2.05) is 0 Å². The normalized spacial score (nSPS) is 18.0. The molecule has 1 atom stereocenters. The van der Waals surface area contributed by atoms with Crippen molar-refractivity contribution in [2.24, 2.45) is 0 Å². The second kappa shape index (κ2) is 7.70. The van der Waals surface area contributed by atoms with Crippen molar-refractivity contribution in [3.8, 4) is 0 Å². The molecule has 24 heavy (non-hydrogen) atoms. The van der Waals surface area contributed by atoms with Gasteiger partial charge in [0.2, 0.25) is 5.91 Å². The molecule has 5 nitrogen and oxygen atoms in total. The Hall–Kier alpha value is -2.02. The van der Waals surface area contributed by atoms with Crippen LogP contribution in [-0.4, -0.2) is 36.2 Å². The van der Waals surface area contributed by atoms with Crippen LogP contribution >= 0.6 is 0 Å². The zero-order chi connectivity index (χ0) is 17.7. The topological polar surface area (TPSA) is 75.6 Å². The number of rotatable bonds is 6. The summed E-state index contributed by atoms with van der Waals surface area (Å²) in [6.45, 7) is 2.30. The third-order valence-corrected chi connectivity index (χ3v) is 4.40. The minimum Gasteiger partial charge on any atom is -0.481 e. The number of carboxylic acids is 1. The number of hydrogen-bond acceptors (Lipinski definition) is 3. The Kier molecular flexibility index (Phi) is 5.88. The average Bonchev–Trinajstić information content (AvgIpc) is 2.53. The van der Waals surface area contributed by atoms with Crippen LogP contribution in [0.2, 0.25) is 0 Å². The lowest BCUT2D eigenvalue weighted by Crippen LogP contribution is -2.50. The molecule has 0 aliphatic carbocycles. The maximum Gasteiger partial charge on any atom is 0.303 e. The van der Waals surface area contributed by atoms with E-state index in [1.54, 1.807) is 6.92 Å². The fourth-order valence-electron chi connectivity index (χ4n) is 2.99. The first-order chi connectivity index (χ1) is 11.3. The third kappa shape index (κ3) is 4.08. The number of nitrogens with one attached hydrogen (secondary N) is 1. The highest BCUT2D eigenvalue weighted by Gasteiger charge is 2.43. The third-order valence-electron chi connectivity index (χ3n) is 4.40. The largest absolute Gasteiger partial charge is 0.481 e.